The molecule has 0 bridgehead atoms. The van der Waals surface area contributed by atoms with Crippen molar-refractivity contribution in [1.29, 1.82) is 0 Å². The van der Waals surface area contributed by atoms with Gasteiger partial charge in [0.1, 0.15) is 24.1 Å². The van der Waals surface area contributed by atoms with E-state index in [9.17, 15) is 18.0 Å². The van der Waals surface area contributed by atoms with Crippen molar-refractivity contribution in [1.82, 2.24) is 10.2 Å². The maximum atomic E-state index is 13.7. The molecule has 0 radical (unpaired) electrons. The summed E-state index contributed by atoms with van der Waals surface area (Å²) in [6.45, 7) is 1.24. The van der Waals surface area contributed by atoms with Crippen LogP contribution in [0.4, 0.5) is 5.69 Å². The van der Waals surface area contributed by atoms with Gasteiger partial charge < -0.3 is 19.7 Å². The van der Waals surface area contributed by atoms with Crippen molar-refractivity contribution in [2.45, 2.75) is 51.2 Å². The van der Waals surface area contributed by atoms with E-state index in [1.807, 2.05) is 6.07 Å². The minimum Gasteiger partial charge on any atom is -0.497 e. The van der Waals surface area contributed by atoms with E-state index >= 15 is 0 Å². The first-order chi connectivity index (χ1) is 17.5. The summed E-state index contributed by atoms with van der Waals surface area (Å²) >= 11 is 6.23. The SMILES string of the molecule is COc1cccc(CN(C(=O)CN(c2ccc(OC)c(Cl)c2)S(C)(=O)=O)[C@@H](C)C(=O)NC2CCCC2)c1. The van der Waals surface area contributed by atoms with Gasteiger partial charge >= 0.3 is 0 Å². The Bertz CT molecular complexity index is 1220. The molecule has 3 rings (SSSR count). The zero-order chi connectivity index (χ0) is 27.2. The van der Waals surface area contributed by atoms with E-state index < -0.39 is 28.5 Å². The summed E-state index contributed by atoms with van der Waals surface area (Å²) in [5, 5.41) is 3.24. The Labute approximate surface area is 223 Å². The third-order valence-electron chi connectivity index (χ3n) is 6.46. The molecule has 1 saturated carbocycles. The van der Waals surface area contributed by atoms with Gasteiger partial charge in [-0.1, -0.05) is 36.6 Å². The topological polar surface area (TPSA) is 105 Å². The molecule has 0 unspecified atom stereocenters. The van der Waals surface area contributed by atoms with Crippen molar-refractivity contribution < 1.29 is 27.5 Å². The van der Waals surface area contributed by atoms with Gasteiger partial charge in [0.05, 0.1) is 31.2 Å². The molecule has 0 aromatic heterocycles. The van der Waals surface area contributed by atoms with Gasteiger partial charge in [0, 0.05) is 12.6 Å². The van der Waals surface area contributed by atoms with Gasteiger partial charge in [0.25, 0.3) is 0 Å². The summed E-state index contributed by atoms with van der Waals surface area (Å²) in [5.74, 6) is 0.177. The number of hydrogen-bond acceptors (Lipinski definition) is 6. The van der Waals surface area contributed by atoms with Crippen LogP contribution in [0.5, 0.6) is 11.5 Å². The van der Waals surface area contributed by atoms with Gasteiger partial charge in [-0.15, -0.1) is 0 Å². The van der Waals surface area contributed by atoms with E-state index in [4.69, 9.17) is 21.1 Å². The van der Waals surface area contributed by atoms with Gasteiger partial charge in [-0.05, 0) is 55.7 Å². The van der Waals surface area contributed by atoms with E-state index in [1.54, 1.807) is 32.2 Å². The summed E-state index contributed by atoms with van der Waals surface area (Å²) in [6, 6.07) is 10.9. The van der Waals surface area contributed by atoms with Crippen molar-refractivity contribution in [3.63, 3.8) is 0 Å². The number of nitrogens with one attached hydrogen (secondary N) is 1. The van der Waals surface area contributed by atoms with Crippen LogP contribution in [0.3, 0.4) is 0 Å². The number of carbonyl (C=O) groups is 2. The fourth-order valence-electron chi connectivity index (χ4n) is 4.37. The molecule has 1 atom stereocenters. The number of hydrogen-bond donors (Lipinski definition) is 1. The molecule has 1 aliphatic carbocycles. The number of ether oxygens (including phenoxy) is 2. The monoisotopic (exact) mass is 551 g/mol. The van der Waals surface area contributed by atoms with Crippen LogP contribution in [0.1, 0.15) is 38.2 Å². The van der Waals surface area contributed by atoms with Gasteiger partial charge in [-0.25, -0.2) is 8.42 Å². The van der Waals surface area contributed by atoms with Crippen LogP contribution in [0.25, 0.3) is 0 Å². The second-order valence-electron chi connectivity index (χ2n) is 9.13. The minimum absolute atomic E-state index is 0.0812. The number of methoxy groups -OCH3 is 2. The van der Waals surface area contributed by atoms with Crippen molar-refractivity contribution in [2.75, 3.05) is 31.3 Å². The lowest BCUT2D eigenvalue weighted by Crippen LogP contribution is -2.52. The van der Waals surface area contributed by atoms with Crippen molar-refractivity contribution in [2.24, 2.45) is 0 Å². The smallest absolute Gasteiger partial charge is 0.244 e. The van der Waals surface area contributed by atoms with Gasteiger partial charge in [0.2, 0.25) is 21.8 Å². The Hall–Kier alpha value is -2.98. The Kier molecular flexibility index (Phi) is 9.67. The van der Waals surface area contributed by atoms with Crippen LogP contribution < -0.4 is 19.1 Å². The highest BCUT2D eigenvalue weighted by Gasteiger charge is 2.31. The second-order valence-corrected chi connectivity index (χ2v) is 11.4. The highest BCUT2D eigenvalue weighted by Crippen LogP contribution is 2.30. The Morgan fingerprint density at radius 1 is 1.11 bits per heavy atom. The van der Waals surface area contributed by atoms with Gasteiger partial charge in [-0.3, -0.25) is 13.9 Å². The molecular weight excluding hydrogens is 518 g/mol. The van der Waals surface area contributed by atoms with Crippen LogP contribution in [0.2, 0.25) is 5.02 Å². The highest BCUT2D eigenvalue weighted by molar-refractivity contribution is 7.92. The predicted octanol–water partition coefficient (Wildman–Crippen LogP) is 3.60. The van der Waals surface area contributed by atoms with Crippen LogP contribution in [-0.4, -0.2) is 64.2 Å². The van der Waals surface area contributed by atoms with Crippen molar-refractivity contribution in [3.8, 4) is 11.5 Å². The van der Waals surface area contributed by atoms with Crippen LogP contribution in [-0.2, 0) is 26.2 Å². The van der Waals surface area contributed by atoms with E-state index in [-0.39, 0.29) is 29.2 Å². The molecule has 2 aromatic carbocycles. The summed E-state index contributed by atoms with van der Waals surface area (Å²) in [4.78, 5) is 28.2. The largest absolute Gasteiger partial charge is 0.497 e. The van der Waals surface area contributed by atoms with Crippen LogP contribution >= 0.6 is 11.6 Å². The lowest BCUT2D eigenvalue weighted by molar-refractivity contribution is -0.139. The third-order valence-corrected chi connectivity index (χ3v) is 7.89. The number of carbonyl (C=O) groups excluding carboxylic acids is 2. The number of nitrogens with zero attached hydrogens (tertiary/aromatic N) is 2. The molecule has 37 heavy (non-hydrogen) atoms. The molecule has 0 heterocycles. The number of sulfonamides is 1. The van der Waals surface area contributed by atoms with Gasteiger partial charge in [0.15, 0.2) is 0 Å². The molecule has 202 valence electrons. The van der Waals surface area contributed by atoms with Crippen molar-refractivity contribution >= 4 is 39.1 Å². The second kappa shape index (κ2) is 12.5. The normalized spacial score (nSPS) is 14.6. The molecule has 1 aliphatic rings. The number of rotatable bonds is 11. The summed E-state index contributed by atoms with van der Waals surface area (Å²) in [6.07, 6.45) is 4.94. The quantitative estimate of drug-likeness (QED) is 0.457. The van der Waals surface area contributed by atoms with Crippen LogP contribution in [0, 0.1) is 0 Å². The van der Waals surface area contributed by atoms with Gasteiger partial charge in [-0.2, -0.15) is 0 Å². The minimum atomic E-state index is -3.87. The molecule has 0 spiro atoms. The third kappa shape index (κ3) is 7.52. The molecular formula is C26H34ClN3O6S. The average Bonchev–Trinajstić information content (AvgIpc) is 3.37. The standard InChI is InChI=1S/C26H34ClN3O6S/c1-18(26(32)28-20-9-5-6-10-20)29(16-19-8-7-11-22(14-19)35-2)25(31)17-30(37(4,33)34)21-12-13-24(36-3)23(27)15-21/h7-8,11-15,18,20H,5-6,9-10,16-17H2,1-4H3,(H,28,32)/t18-/m0/s1. The number of amides is 2. The first kappa shape index (κ1) is 28.6. The number of benzene rings is 2. The van der Waals surface area contributed by atoms with E-state index in [0.717, 1.165) is 41.8 Å². The fraction of sp³-hybridized carbons (Fsp3) is 0.462. The summed E-state index contributed by atoms with van der Waals surface area (Å²) < 4.78 is 36.9. The maximum absolute atomic E-state index is 13.7. The Morgan fingerprint density at radius 2 is 1.81 bits per heavy atom. The molecule has 0 saturated heterocycles. The first-order valence-corrected chi connectivity index (χ1v) is 14.3. The molecule has 2 amide bonds. The van der Waals surface area contributed by atoms with Crippen LogP contribution in [0.15, 0.2) is 42.5 Å². The Morgan fingerprint density at radius 3 is 2.41 bits per heavy atom. The van der Waals surface area contributed by atoms with Crippen molar-refractivity contribution in [3.05, 3.63) is 53.1 Å². The molecule has 0 aliphatic heterocycles. The lowest BCUT2D eigenvalue weighted by atomic mass is 10.1. The van der Waals surface area contributed by atoms with E-state index in [2.05, 4.69) is 5.32 Å². The highest BCUT2D eigenvalue weighted by atomic mass is 35.5. The zero-order valence-electron chi connectivity index (χ0n) is 21.6. The lowest BCUT2D eigenvalue weighted by Gasteiger charge is -2.32. The molecule has 11 heteroatoms. The molecule has 1 N–H and O–H groups in total. The summed E-state index contributed by atoms with van der Waals surface area (Å²) in [5.41, 5.74) is 0.956. The number of anilines is 1. The fourth-order valence-corrected chi connectivity index (χ4v) is 5.46. The maximum Gasteiger partial charge on any atom is 0.244 e. The summed E-state index contributed by atoms with van der Waals surface area (Å²) in [7, 11) is -0.868. The first-order valence-electron chi connectivity index (χ1n) is 12.1. The Balaban J connectivity index is 1.91. The molecule has 1 fully saturated rings. The predicted molar refractivity (Wildman–Crippen MR) is 144 cm³/mol. The average molecular weight is 552 g/mol. The molecule has 2 aromatic rings. The molecule has 9 nitrogen and oxygen atoms in total. The number of halogens is 1. The van der Waals surface area contributed by atoms with E-state index in [0.29, 0.717) is 11.5 Å². The zero-order valence-corrected chi connectivity index (χ0v) is 23.1. The van der Waals surface area contributed by atoms with E-state index in [1.165, 1.54) is 30.2 Å².